The summed E-state index contributed by atoms with van der Waals surface area (Å²) in [4.78, 5) is 2.52. The van der Waals surface area contributed by atoms with Gasteiger partial charge in [0.15, 0.2) is 0 Å². The summed E-state index contributed by atoms with van der Waals surface area (Å²) in [7, 11) is 2.02. The molecule has 0 aromatic carbocycles. The summed E-state index contributed by atoms with van der Waals surface area (Å²) in [6.07, 6.45) is 3.01. The smallest absolute Gasteiger partial charge is 0.0673 e. The first-order valence-corrected chi connectivity index (χ1v) is 7.61. The predicted molar refractivity (Wildman–Crippen MR) is 80.7 cm³/mol. The average molecular weight is 280 g/mol. The van der Waals surface area contributed by atoms with Gasteiger partial charge in [-0.1, -0.05) is 6.92 Å². The van der Waals surface area contributed by atoms with E-state index in [2.05, 4.69) is 42.2 Å². The fourth-order valence-electron chi connectivity index (χ4n) is 2.99. The molecule has 0 spiro atoms. The van der Waals surface area contributed by atoms with Crippen LogP contribution in [0.5, 0.6) is 0 Å². The highest BCUT2D eigenvalue weighted by Crippen LogP contribution is 2.31. The van der Waals surface area contributed by atoms with Gasteiger partial charge in [0.25, 0.3) is 0 Å². The van der Waals surface area contributed by atoms with Gasteiger partial charge in [0.2, 0.25) is 0 Å². The first kappa shape index (κ1) is 15.5. The number of morpholine rings is 1. The maximum Gasteiger partial charge on any atom is 0.0673 e. The Bertz CT molecular complexity index is 410. The highest BCUT2D eigenvalue weighted by molar-refractivity contribution is 5.14. The van der Waals surface area contributed by atoms with E-state index in [1.165, 1.54) is 5.69 Å². The predicted octanol–water partition coefficient (Wildman–Crippen LogP) is 1.57. The van der Waals surface area contributed by atoms with Gasteiger partial charge in [0.1, 0.15) is 0 Å². The number of ether oxygens (including phenoxy) is 1. The Balaban J connectivity index is 2.22. The van der Waals surface area contributed by atoms with Crippen LogP contribution in [-0.4, -0.2) is 53.1 Å². The summed E-state index contributed by atoms with van der Waals surface area (Å²) in [6, 6.07) is 2.39. The summed E-state index contributed by atoms with van der Waals surface area (Å²) < 4.78 is 7.47. The van der Waals surface area contributed by atoms with Crippen LogP contribution in [0.1, 0.15) is 38.9 Å². The van der Waals surface area contributed by atoms with Gasteiger partial charge >= 0.3 is 0 Å². The van der Waals surface area contributed by atoms with Crippen LogP contribution < -0.4 is 5.32 Å². The largest absolute Gasteiger partial charge is 0.379 e. The molecule has 1 aliphatic heterocycles. The first-order valence-electron chi connectivity index (χ1n) is 7.61. The van der Waals surface area contributed by atoms with Gasteiger partial charge in [-0.05, 0) is 32.9 Å². The maximum absolute atomic E-state index is 5.49. The Morgan fingerprint density at radius 1 is 1.40 bits per heavy atom. The zero-order valence-corrected chi connectivity index (χ0v) is 13.2. The molecule has 1 unspecified atom stereocenters. The summed E-state index contributed by atoms with van der Waals surface area (Å²) in [5.74, 6) is 0. The molecule has 1 saturated heterocycles. The fraction of sp³-hybridized carbons (Fsp3) is 0.800. The Morgan fingerprint density at radius 3 is 2.65 bits per heavy atom. The molecule has 1 aromatic rings. The molecule has 2 heterocycles. The van der Waals surface area contributed by atoms with Crippen molar-refractivity contribution in [1.29, 1.82) is 0 Å². The molecular formula is C15H28N4O. The first-order chi connectivity index (χ1) is 9.57. The number of rotatable bonds is 6. The molecular weight excluding hydrogens is 252 g/mol. The average Bonchev–Trinajstić information content (AvgIpc) is 2.86. The highest BCUT2D eigenvalue weighted by Gasteiger charge is 2.38. The molecule has 0 saturated carbocycles. The fourth-order valence-corrected chi connectivity index (χ4v) is 2.99. The number of hydrogen-bond donors (Lipinski definition) is 1. The van der Waals surface area contributed by atoms with E-state index in [9.17, 15) is 0 Å². The molecule has 0 aliphatic carbocycles. The Kier molecular flexibility index (Phi) is 5.18. The van der Waals surface area contributed by atoms with Gasteiger partial charge in [0, 0.05) is 31.9 Å². The molecule has 1 fully saturated rings. The Hall–Kier alpha value is -0.910. The monoisotopic (exact) mass is 280 g/mol. The summed E-state index contributed by atoms with van der Waals surface area (Å²) in [5, 5.41) is 8.04. The van der Waals surface area contributed by atoms with E-state index < -0.39 is 0 Å². The van der Waals surface area contributed by atoms with Crippen molar-refractivity contribution in [2.24, 2.45) is 7.05 Å². The number of nitrogens with zero attached hydrogens (tertiary/aromatic N) is 3. The molecule has 1 atom stereocenters. The van der Waals surface area contributed by atoms with E-state index in [-0.39, 0.29) is 11.6 Å². The molecule has 1 N–H and O–H groups in total. The Labute approximate surface area is 122 Å². The minimum atomic E-state index is 0.0345. The molecule has 5 nitrogen and oxygen atoms in total. The maximum atomic E-state index is 5.49. The molecule has 0 bridgehead atoms. The van der Waals surface area contributed by atoms with Gasteiger partial charge in [-0.25, -0.2) is 0 Å². The summed E-state index contributed by atoms with van der Waals surface area (Å²) in [5.41, 5.74) is 1.28. The minimum absolute atomic E-state index is 0.0345. The quantitative estimate of drug-likeness (QED) is 0.859. The van der Waals surface area contributed by atoms with Crippen LogP contribution >= 0.6 is 0 Å². The number of aromatic nitrogens is 2. The molecule has 5 heteroatoms. The number of aryl methyl sites for hydroxylation is 1. The van der Waals surface area contributed by atoms with E-state index in [0.717, 1.165) is 39.3 Å². The van der Waals surface area contributed by atoms with E-state index >= 15 is 0 Å². The van der Waals surface area contributed by atoms with Crippen LogP contribution in [0, 0.1) is 0 Å². The lowest BCUT2D eigenvalue weighted by Gasteiger charge is -2.46. The van der Waals surface area contributed by atoms with Crippen LogP contribution in [0.3, 0.4) is 0 Å². The minimum Gasteiger partial charge on any atom is -0.379 e. The van der Waals surface area contributed by atoms with E-state index in [0.29, 0.717) is 0 Å². The lowest BCUT2D eigenvalue weighted by molar-refractivity contribution is -0.0247. The van der Waals surface area contributed by atoms with Crippen LogP contribution in [0.25, 0.3) is 0 Å². The summed E-state index contributed by atoms with van der Waals surface area (Å²) >= 11 is 0. The lowest BCUT2D eigenvalue weighted by Crippen LogP contribution is -2.56. The van der Waals surface area contributed by atoms with Crippen molar-refractivity contribution in [1.82, 2.24) is 20.0 Å². The van der Waals surface area contributed by atoms with Crippen molar-refractivity contribution >= 4 is 0 Å². The number of nitrogens with one attached hydrogen (secondary N) is 1. The van der Waals surface area contributed by atoms with Crippen LogP contribution in [0.2, 0.25) is 0 Å². The third-order valence-corrected chi connectivity index (χ3v) is 4.29. The van der Waals surface area contributed by atoms with Gasteiger partial charge in [-0.2, -0.15) is 5.10 Å². The topological polar surface area (TPSA) is 42.3 Å². The SMILES string of the molecule is CCCNC(c1ccnn1C)C(C)(C)N1CCOCC1. The third kappa shape index (κ3) is 3.22. The normalized spacial score (nSPS) is 19.2. The molecule has 1 aliphatic rings. The van der Waals surface area contributed by atoms with Crippen molar-refractivity contribution < 1.29 is 4.74 Å². The number of hydrogen-bond acceptors (Lipinski definition) is 4. The summed E-state index contributed by atoms with van der Waals surface area (Å²) in [6.45, 7) is 11.5. The second-order valence-electron chi connectivity index (χ2n) is 6.02. The van der Waals surface area contributed by atoms with E-state index in [1.54, 1.807) is 0 Å². The lowest BCUT2D eigenvalue weighted by atomic mass is 9.89. The molecule has 0 amide bonds. The van der Waals surface area contributed by atoms with Crippen LogP contribution in [-0.2, 0) is 11.8 Å². The Morgan fingerprint density at radius 2 is 2.10 bits per heavy atom. The van der Waals surface area contributed by atoms with Crippen LogP contribution in [0.4, 0.5) is 0 Å². The molecule has 0 radical (unpaired) electrons. The standard InChI is InChI=1S/C15H28N4O/c1-5-7-16-14(13-6-8-17-18(13)4)15(2,3)19-9-11-20-12-10-19/h6,8,14,16H,5,7,9-12H2,1-4H3. The van der Waals surface area contributed by atoms with Crippen molar-refractivity contribution in [2.45, 2.75) is 38.8 Å². The molecule has 2 rings (SSSR count). The zero-order valence-electron chi connectivity index (χ0n) is 13.2. The van der Waals surface area contributed by atoms with Crippen molar-refractivity contribution in [3.8, 4) is 0 Å². The molecule has 1 aromatic heterocycles. The van der Waals surface area contributed by atoms with Crippen molar-refractivity contribution in [2.75, 3.05) is 32.8 Å². The second-order valence-corrected chi connectivity index (χ2v) is 6.02. The highest BCUT2D eigenvalue weighted by atomic mass is 16.5. The molecule has 20 heavy (non-hydrogen) atoms. The van der Waals surface area contributed by atoms with Gasteiger partial charge in [-0.15, -0.1) is 0 Å². The van der Waals surface area contributed by atoms with Gasteiger partial charge in [0.05, 0.1) is 24.9 Å². The third-order valence-electron chi connectivity index (χ3n) is 4.29. The van der Waals surface area contributed by atoms with Gasteiger partial charge in [-0.3, -0.25) is 9.58 Å². The van der Waals surface area contributed by atoms with Crippen molar-refractivity contribution in [3.05, 3.63) is 18.0 Å². The van der Waals surface area contributed by atoms with Crippen molar-refractivity contribution in [3.63, 3.8) is 0 Å². The van der Waals surface area contributed by atoms with Crippen LogP contribution in [0.15, 0.2) is 12.3 Å². The van der Waals surface area contributed by atoms with Gasteiger partial charge < -0.3 is 10.1 Å². The van der Waals surface area contributed by atoms with E-state index in [4.69, 9.17) is 4.74 Å². The molecule has 114 valence electrons. The zero-order chi connectivity index (χ0) is 14.6. The van der Waals surface area contributed by atoms with E-state index in [1.807, 2.05) is 17.9 Å². The second kappa shape index (κ2) is 6.70.